The number of likely N-dealkylation sites (tertiary alicyclic amines) is 1. The van der Waals surface area contributed by atoms with Gasteiger partial charge < -0.3 is 20.3 Å². The molecule has 6 heteroatoms. The Labute approximate surface area is 142 Å². The molecule has 2 N–H and O–H groups in total. The van der Waals surface area contributed by atoms with Gasteiger partial charge in [-0.3, -0.25) is 9.59 Å². The molecule has 2 aliphatic rings. The van der Waals surface area contributed by atoms with Gasteiger partial charge in [0, 0.05) is 13.1 Å². The van der Waals surface area contributed by atoms with Crippen molar-refractivity contribution in [3.63, 3.8) is 0 Å². The van der Waals surface area contributed by atoms with Crippen molar-refractivity contribution in [1.29, 1.82) is 0 Å². The maximum absolute atomic E-state index is 12.1. The molecule has 1 unspecified atom stereocenters. The smallest absolute Gasteiger partial charge is 0.266 e. The van der Waals surface area contributed by atoms with Crippen LogP contribution in [0.25, 0.3) is 0 Å². The van der Waals surface area contributed by atoms with Crippen LogP contribution in [0, 0.1) is 6.92 Å². The first-order chi connectivity index (χ1) is 11.6. The second-order valence-corrected chi connectivity index (χ2v) is 6.55. The minimum atomic E-state index is -0.768. The lowest BCUT2D eigenvalue weighted by Crippen LogP contribution is -2.42. The largest absolute Gasteiger partial charge is 0.478 e. The molecule has 3 rings (SSSR count). The van der Waals surface area contributed by atoms with Crippen LogP contribution in [0.4, 0.5) is 5.69 Å². The summed E-state index contributed by atoms with van der Waals surface area (Å²) in [7, 11) is 0. The molecule has 0 radical (unpaired) electrons. The quantitative estimate of drug-likeness (QED) is 0.861. The highest BCUT2D eigenvalue weighted by Crippen LogP contribution is 2.30. The summed E-state index contributed by atoms with van der Waals surface area (Å²) in [6.07, 6.45) is 3.05. The Morgan fingerprint density at radius 1 is 1.33 bits per heavy atom. The van der Waals surface area contributed by atoms with Crippen LogP contribution in [0.15, 0.2) is 18.2 Å². The Bertz CT molecular complexity index is 612. The molecule has 6 nitrogen and oxygen atoms in total. The first kappa shape index (κ1) is 16.8. The molecule has 0 aromatic heterocycles. The van der Waals surface area contributed by atoms with Crippen LogP contribution in [0.2, 0.25) is 0 Å². The first-order valence-electron chi connectivity index (χ1n) is 8.69. The van der Waals surface area contributed by atoms with Crippen LogP contribution in [-0.4, -0.2) is 49.0 Å². The average molecular weight is 331 g/mol. The van der Waals surface area contributed by atoms with E-state index in [0.29, 0.717) is 18.0 Å². The topological polar surface area (TPSA) is 70.7 Å². The summed E-state index contributed by atoms with van der Waals surface area (Å²) >= 11 is 0. The number of rotatable bonds is 5. The average Bonchev–Trinajstić information content (AvgIpc) is 2.57. The zero-order valence-electron chi connectivity index (χ0n) is 14.1. The van der Waals surface area contributed by atoms with Gasteiger partial charge in [-0.15, -0.1) is 0 Å². The predicted octanol–water partition coefficient (Wildman–Crippen LogP) is 1.69. The lowest BCUT2D eigenvalue weighted by Gasteiger charge is -2.27. The number of nitrogens with one attached hydrogen (secondary N) is 2. The van der Waals surface area contributed by atoms with Gasteiger partial charge in [-0.05, 0) is 50.6 Å². The molecule has 0 spiro atoms. The first-order valence-corrected chi connectivity index (χ1v) is 8.69. The van der Waals surface area contributed by atoms with Crippen LogP contribution >= 0.6 is 0 Å². The molecule has 2 amide bonds. The van der Waals surface area contributed by atoms with Crippen LogP contribution in [0.3, 0.4) is 0 Å². The summed E-state index contributed by atoms with van der Waals surface area (Å²) in [5.74, 6) is 0.202. The second-order valence-electron chi connectivity index (χ2n) is 6.55. The maximum Gasteiger partial charge on any atom is 0.266 e. The number of nitrogens with zero attached hydrogens (tertiary/aromatic N) is 1. The van der Waals surface area contributed by atoms with E-state index in [1.165, 1.54) is 19.3 Å². The Balaban J connectivity index is 1.46. The van der Waals surface area contributed by atoms with Gasteiger partial charge in [-0.2, -0.15) is 0 Å². The fraction of sp³-hybridized carbons (Fsp3) is 0.556. The minimum absolute atomic E-state index is 0.0408. The molecular weight excluding hydrogens is 306 g/mol. The lowest BCUT2D eigenvalue weighted by atomic mass is 10.1. The number of carbonyl (C=O) groups excluding carboxylic acids is 2. The molecule has 1 aromatic rings. The Kier molecular flexibility index (Phi) is 5.35. The van der Waals surface area contributed by atoms with Crippen LogP contribution in [0.1, 0.15) is 31.2 Å². The number of hydrogen-bond acceptors (Lipinski definition) is 4. The second kappa shape index (κ2) is 7.66. The Hall–Kier alpha value is -2.08. The number of aryl methyl sites for hydroxylation is 1. The molecule has 1 saturated heterocycles. The van der Waals surface area contributed by atoms with Crippen molar-refractivity contribution in [2.75, 3.05) is 31.5 Å². The van der Waals surface area contributed by atoms with Gasteiger partial charge in [0.25, 0.3) is 5.91 Å². The fourth-order valence-electron chi connectivity index (χ4n) is 3.18. The van der Waals surface area contributed by atoms with E-state index < -0.39 is 6.10 Å². The Morgan fingerprint density at radius 3 is 2.92 bits per heavy atom. The van der Waals surface area contributed by atoms with E-state index in [1.54, 1.807) is 0 Å². The highest BCUT2D eigenvalue weighted by molar-refractivity contribution is 6.00. The molecule has 130 valence electrons. The number of amides is 2. The van der Waals surface area contributed by atoms with Gasteiger partial charge in [0.2, 0.25) is 5.91 Å². The summed E-state index contributed by atoms with van der Waals surface area (Å²) in [5, 5.41) is 5.70. The number of ether oxygens (including phenoxy) is 1. The highest BCUT2D eigenvalue weighted by Gasteiger charge is 2.29. The number of hydrogen-bond donors (Lipinski definition) is 2. The van der Waals surface area contributed by atoms with Gasteiger partial charge in [-0.25, -0.2) is 0 Å². The molecule has 1 atom stereocenters. The number of carbonyl (C=O) groups is 2. The summed E-state index contributed by atoms with van der Waals surface area (Å²) < 4.78 is 5.68. The van der Waals surface area contributed by atoms with Gasteiger partial charge >= 0.3 is 0 Å². The van der Waals surface area contributed by atoms with Crippen molar-refractivity contribution in [1.82, 2.24) is 10.2 Å². The van der Waals surface area contributed by atoms with Crippen molar-refractivity contribution < 1.29 is 14.3 Å². The maximum atomic E-state index is 12.1. The zero-order valence-corrected chi connectivity index (χ0v) is 14.1. The number of piperidine rings is 1. The lowest BCUT2D eigenvalue weighted by molar-refractivity contribution is -0.130. The Morgan fingerprint density at radius 2 is 2.12 bits per heavy atom. The normalized spacial score (nSPS) is 20.7. The molecule has 1 fully saturated rings. The van der Waals surface area contributed by atoms with Crippen molar-refractivity contribution in [2.24, 2.45) is 0 Å². The van der Waals surface area contributed by atoms with E-state index >= 15 is 0 Å². The molecule has 0 saturated carbocycles. The summed E-state index contributed by atoms with van der Waals surface area (Å²) in [4.78, 5) is 26.5. The monoisotopic (exact) mass is 331 g/mol. The van der Waals surface area contributed by atoms with Gasteiger partial charge in [0.05, 0.1) is 12.1 Å². The number of fused-ring (bicyclic) bond motifs is 1. The third kappa shape index (κ3) is 4.26. The fourth-order valence-corrected chi connectivity index (χ4v) is 3.18. The van der Waals surface area contributed by atoms with Crippen molar-refractivity contribution in [3.8, 4) is 5.75 Å². The van der Waals surface area contributed by atoms with Crippen molar-refractivity contribution in [2.45, 2.75) is 38.7 Å². The van der Waals surface area contributed by atoms with Gasteiger partial charge in [-0.1, -0.05) is 12.5 Å². The van der Waals surface area contributed by atoms with Crippen LogP contribution in [-0.2, 0) is 9.59 Å². The van der Waals surface area contributed by atoms with Crippen LogP contribution < -0.4 is 15.4 Å². The third-order valence-corrected chi connectivity index (χ3v) is 4.52. The van der Waals surface area contributed by atoms with Crippen LogP contribution in [0.5, 0.6) is 5.75 Å². The summed E-state index contributed by atoms with van der Waals surface area (Å²) in [5.41, 5.74) is 1.72. The van der Waals surface area contributed by atoms with Crippen molar-refractivity contribution in [3.05, 3.63) is 23.8 Å². The molecule has 24 heavy (non-hydrogen) atoms. The molecule has 1 aromatic carbocycles. The van der Waals surface area contributed by atoms with Crippen molar-refractivity contribution >= 4 is 17.5 Å². The van der Waals surface area contributed by atoms with E-state index in [0.717, 1.165) is 25.2 Å². The summed E-state index contributed by atoms with van der Waals surface area (Å²) in [6, 6.07) is 5.61. The predicted molar refractivity (Wildman–Crippen MR) is 92.1 cm³/mol. The molecule has 0 bridgehead atoms. The molecule has 2 heterocycles. The number of anilines is 1. The van der Waals surface area contributed by atoms with E-state index in [1.807, 2.05) is 25.1 Å². The SMILES string of the molecule is Cc1ccc2c(c1)NC(=O)C(CC(=O)NCCN1CCCCC1)O2. The van der Waals surface area contributed by atoms with E-state index in [9.17, 15) is 9.59 Å². The number of benzene rings is 1. The van der Waals surface area contributed by atoms with Gasteiger partial charge in [0.1, 0.15) is 5.75 Å². The van der Waals surface area contributed by atoms with E-state index in [2.05, 4.69) is 15.5 Å². The standard InChI is InChI=1S/C18H25N3O3/c1-13-5-6-15-14(11-13)20-18(23)16(24-15)12-17(22)19-7-10-21-8-3-2-4-9-21/h5-6,11,16H,2-4,7-10,12H2,1H3,(H,19,22)(H,20,23). The van der Waals surface area contributed by atoms with E-state index in [-0.39, 0.29) is 18.2 Å². The zero-order chi connectivity index (χ0) is 16.9. The molecular formula is C18H25N3O3. The third-order valence-electron chi connectivity index (χ3n) is 4.52. The van der Waals surface area contributed by atoms with E-state index in [4.69, 9.17) is 4.74 Å². The molecule has 0 aliphatic carbocycles. The summed E-state index contributed by atoms with van der Waals surface area (Å²) in [6.45, 7) is 5.66. The molecule has 2 aliphatic heterocycles. The minimum Gasteiger partial charge on any atom is -0.478 e. The van der Waals surface area contributed by atoms with Gasteiger partial charge in [0.15, 0.2) is 6.10 Å². The highest BCUT2D eigenvalue weighted by atomic mass is 16.5.